The van der Waals surface area contributed by atoms with E-state index in [2.05, 4.69) is 10.2 Å². The van der Waals surface area contributed by atoms with Gasteiger partial charge in [-0.25, -0.2) is 0 Å². The van der Waals surface area contributed by atoms with E-state index in [1.807, 2.05) is 13.1 Å². The van der Waals surface area contributed by atoms with Crippen LogP contribution in [-0.2, 0) is 10.2 Å². The minimum atomic E-state index is -0.576. The molecule has 1 aromatic carbocycles. The quantitative estimate of drug-likeness (QED) is 0.614. The number of nitrogens with zero attached hydrogens (tertiary/aromatic N) is 2. The highest BCUT2D eigenvalue weighted by Gasteiger charge is 2.49. The molecule has 2 aliphatic rings. The lowest BCUT2D eigenvalue weighted by Crippen LogP contribution is -2.45. The van der Waals surface area contributed by atoms with Crippen molar-refractivity contribution in [3.05, 3.63) is 33.9 Å². The fourth-order valence-electron chi connectivity index (χ4n) is 3.07. The molecule has 0 atom stereocenters. The maximum Gasteiger partial charge on any atom is 0.293 e. The lowest BCUT2D eigenvalue weighted by atomic mass is 9.73. The summed E-state index contributed by atoms with van der Waals surface area (Å²) in [5.74, 6) is -0.0927. The van der Waals surface area contributed by atoms with Crippen molar-refractivity contribution in [1.82, 2.24) is 4.90 Å². The Bertz CT molecular complexity index is 562. The van der Waals surface area contributed by atoms with Crippen LogP contribution >= 0.6 is 0 Å². The summed E-state index contributed by atoms with van der Waals surface area (Å²) in [5.41, 5.74) is 0.594. The zero-order chi connectivity index (χ0) is 13.6. The molecular weight excluding hydrogens is 246 g/mol. The fraction of sp³-hybridized carbons (Fsp3) is 0.462. The van der Waals surface area contributed by atoms with E-state index >= 15 is 0 Å². The van der Waals surface area contributed by atoms with Crippen LogP contribution in [0.3, 0.4) is 0 Å². The first-order chi connectivity index (χ1) is 9.04. The number of rotatable bonds is 1. The highest BCUT2D eigenvalue weighted by molar-refractivity contribution is 6.08. The third-order valence-electron chi connectivity index (χ3n) is 4.27. The van der Waals surface area contributed by atoms with Gasteiger partial charge in [0.05, 0.1) is 10.3 Å². The second-order valence-corrected chi connectivity index (χ2v) is 5.30. The second-order valence-electron chi connectivity index (χ2n) is 5.30. The molecule has 2 heterocycles. The number of piperidine rings is 1. The number of carbonyl (C=O) groups is 1. The largest absolute Gasteiger partial charge is 0.319 e. The average molecular weight is 261 g/mol. The average Bonchev–Trinajstić information content (AvgIpc) is 2.66. The Kier molecular flexibility index (Phi) is 2.56. The monoisotopic (exact) mass is 261 g/mol. The molecule has 1 fully saturated rings. The summed E-state index contributed by atoms with van der Waals surface area (Å²) in [4.78, 5) is 25.1. The number of carbonyl (C=O) groups excluding carboxylic acids is 1. The Morgan fingerprint density at radius 3 is 2.68 bits per heavy atom. The number of para-hydroxylation sites is 1. The molecular formula is C13H15N3O3. The zero-order valence-electron chi connectivity index (χ0n) is 10.7. The first-order valence-corrected chi connectivity index (χ1v) is 6.32. The van der Waals surface area contributed by atoms with Crippen LogP contribution in [0.25, 0.3) is 0 Å². The predicted molar refractivity (Wildman–Crippen MR) is 70.1 cm³/mol. The molecule has 1 saturated heterocycles. The number of anilines is 1. The van der Waals surface area contributed by atoms with Gasteiger partial charge in [-0.05, 0) is 38.5 Å². The molecule has 0 unspecified atom stereocenters. The Balaban J connectivity index is 2.10. The molecule has 1 spiro atoms. The topological polar surface area (TPSA) is 75.5 Å². The van der Waals surface area contributed by atoms with Crippen molar-refractivity contribution in [3.8, 4) is 0 Å². The van der Waals surface area contributed by atoms with E-state index in [-0.39, 0.29) is 11.6 Å². The van der Waals surface area contributed by atoms with E-state index in [1.165, 1.54) is 6.07 Å². The van der Waals surface area contributed by atoms with E-state index in [1.54, 1.807) is 6.07 Å². The van der Waals surface area contributed by atoms with Crippen molar-refractivity contribution in [2.75, 3.05) is 25.5 Å². The number of nitro groups is 1. The molecule has 3 rings (SSSR count). The summed E-state index contributed by atoms with van der Waals surface area (Å²) in [7, 11) is 2.02. The molecule has 0 aliphatic carbocycles. The highest BCUT2D eigenvalue weighted by Crippen LogP contribution is 2.47. The van der Waals surface area contributed by atoms with Gasteiger partial charge in [0.2, 0.25) is 5.91 Å². The fourth-order valence-corrected chi connectivity index (χ4v) is 3.07. The van der Waals surface area contributed by atoms with Crippen molar-refractivity contribution in [2.24, 2.45) is 0 Å². The standard InChI is InChI=1S/C13H15N3O3/c1-15-7-5-13(6-8-15)9-3-2-4-10(16(18)19)11(9)14-12(13)17/h2-4H,5-8H2,1H3,(H,14,17). The predicted octanol–water partition coefficient (Wildman–Crippen LogP) is 1.51. The Labute approximate surface area is 110 Å². The number of fused-ring (bicyclic) bond motifs is 2. The Morgan fingerprint density at radius 2 is 2.05 bits per heavy atom. The van der Waals surface area contributed by atoms with Gasteiger partial charge in [0, 0.05) is 6.07 Å². The summed E-state index contributed by atoms with van der Waals surface area (Å²) in [6, 6.07) is 4.94. The van der Waals surface area contributed by atoms with Crippen LogP contribution in [0.15, 0.2) is 18.2 Å². The summed E-state index contributed by atoms with van der Waals surface area (Å²) in [5, 5.41) is 13.8. The summed E-state index contributed by atoms with van der Waals surface area (Å²) in [6.45, 7) is 1.66. The number of likely N-dealkylation sites (tertiary alicyclic amines) is 1. The molecule has 1 aromatic rings. The molecule has 1 N–H and O–H groups in total. The molecule has 1 amide bonds. The molecule has 6 heteroatoms. The number of hydrogen-bond acceptors (Lipinski definition) is 4. The number of amides is 1. The van der Waals surface area contributed by atoms with Crippen LogP contribution in [0, 0.1) is 10.1 Å². The molecule has 100 valence electrons. The minimum absolute atomic E-state index is 0.0124. The molecule has 2 aliphatic heterocycles. The molecule has 6 nitrogen and oxygen atoms in total. The van der Waals surface area contributed by atoms with Crippen LogP contribution in [0.1, 0.15) is 18.4 Å². The smallest absolute Gasteiger partial charge is 0.293 e. The Hall–Kier alpha value is -1.95. The maximum absolute atomic E-state index is 12.3. The van der Waals surface area contributed by atoms with Gasteiger partial charge in [-0.15, -0.1) is 0 Å². The lowest BCUT2D eigenvalue weighted by molar-refractivity contribution is -0.383. The zero-order valence-corrected chi connectivity index (χ0v) is 10.7. The van der Waals surface area contributed by atoms with Gasteiger partial charge in [-0.2, -0.15) is 0 Å². The van der Waals surface area contributed by atoms with Crippen molar-refractivity contribution in [3.63, 3.8) is 0 Å². The van der Waals surface area contributed by atoms with Crippen molar-refractivity contribution in [2.45, 2.75) is 18.3 Å². The lowest BCUT2D eigenvalue weighted by Gasteiger charge is -2.36. The van der Waals surface area contributed by atoms with Gasteiger partial charge in [-0.1, -0.05) is 12.1 Å². The second kappa shape index (κ2) is 4.03. The molecule has 0 bridgehead atoms. The van der Waals surface area contributed by atoms with Gasteiger partial charge >= 0.3 is 0 Å². The van der Waals surface area contributed by atoms with Crippen molar-refractivity contribution >= 4 is 17.3 Å². The van der Waals surface area contributed by atoms with Gasteiger partial charge in [0.15, 0.2) is 0 Å². The van der Waals surface area contributed by atoms with Crippen molar-refractivity contribution in [1.29, 1.82) is 0 Å². The number of nitro benzene ring substituents is 1. The van der Waals surface area contributed by atoms with E-state index < -0.39 is 10.3 Å². The van der Waals surface area contributed by atoms with Crippen LogP contribution in [0.4, 0.5) is 11.4 Å². The van der Waals surface area contributed by atoms with E-state index in [0.29, 0.717) is 18.5 Å². The minimum Gasteiger partial charge on any atom is -0.319 e. The van der Waals surface area contributed by atoms with E-state index in [0.717, 1.165) is 18.7 Å². The first kappa shape index (κ1) is 12.1. The van der Waals surface area contributed by atoms with Gasteiger partial charge in [0.25, 0.3) is 5.69 Å². The Morgan fingerprint density at radius 1 is 1.37 bits per heavy atom. The molecule has 0 aromatic heterocycles. The third kappa shape index (κ3) is 1.63. The van der Waals surface area contributed by atoms with E-state index in [9.17, 15) is 14.9 Å². The third-order valence-corrected chi connectivity index (χ3v) is 4.27. The summed E-state index contributed by atoms with van der Waals surface area (Å²) in [6.07, 6.45) is 1.42. The number of benzene rings is 1. The number of hydrogen-bond donors (Lipinski definition) is 1. The molecule has 19 heavy (non-hydrogen) atoms. The van der Waals surface area contributed by atoms with Crippen LogP contribution < -0.4 is 5.32 Å². The van der Waals surface area contributed by atoms with Crippen LogP contribution in [0.2, 0.25) is 0 Å². The molecule has 0 radical (unpaired) electrons. The normalized spacial score (nSPS) is 21.2. The summed E-state index contributed by atoms with van der Waals surface area (Å²) >= 11 is 0. The van der Waals surface area contributed by atoms with Gasteiger partial charge in [-0.3, -0.25) is 14.9 Å². The van der Waals surface area contributed by atoms with Crippen LogP contribution in [-0.4, -0.2) is 35.9 Å². The SMILES string of the molecule is CN1CCC2(CC1)C(=O)Nc1c([N+](=O)[O-])cccc12. The van der Waals surface area contributed by atoms with Gasteiger partial charge in [0.1, 0.15) is 5.69 Å². The number of nitrogens with one attached hydrogen (secondary N) is 1. The summed E-state index contributed by atoms with van der Waals surface area (Å²) < 4.78 is 0. The van der Waals surface area contributed by atoms with Gasteiger partial charge < -0.3 is 10.2 Å². The first-order valence-electron chi connectivity index (χ1n) is 6.32. The maximum atomic E-state index is 12.3. The van der Waals surface area contributed by atoms with E-state index in [4.69, 9.17) is 0 Å². The highest BCUT2D eigenvalue weighted by atomic mass is 16.6. The van der Waals surface area contributed by atoms with Crippen molar-refractivity contribution < 1.29 is 9.72 Å². The van der Waals surface area contributed by atoms with Crippen LogP contribution in [0.5, 0.6) is 0 Å². The molecule has 0 saturated carbocycles.